The van der Waals surface area contributed by atoms with E-state index in [0.717, 1.165) is 24.1 Å². The molecule has 3 rings (SSSR count). The van der Waals surface area contributed by atoms with Crippen LogP contribution in [0.15, 0.2) is 42.5 Å². The van der Waals surface area contributed by atoms with Crippen LogP contribution in [-0.4, -0.2) is 63.8 Å². The Kier molecular flexibility index (Phi) is 8.19. The van der Waals surface area contributed by atoms with Crippen LogP contribution >= 0.6 is 0 Å². The molecule has 0 aromatic heterocycles. The van der Waals surface area contributed by atoms with Crippen molar-refractivity contribution in [3.05, 3.63) is 59.4 Å². The summed E-state index contributed by atoms with van der Waals surface area (Å²) in [5, 5.41) is 2.80. The Morgan fingerprint density at radius 3 is 2.69 bits per heavy atom. The van der Waals surface area contributed by atoms with Crippen LogP contribution in [0.5, 0.6) is 0 Å². The van der Waals surface area contributed by atoms with Crippen molar-refractivity contribution in [2.75, 3.05) is 51.2 Å². The van der Waals surface area contributed by atoms with Crippen LogP contribution < -0.4 is 10.2 Å². The van der Waals surface area contributed by atoms with E-state index in [4.69, 9.17) is 9.47 Å². The maximum atomic E-state index is 13.8. The fourth-order valence-corrected chi connectivity index (χ4v) is 3.82. The third-order valence-electron chi connectivity index (χ3n) is 5.29. The Morgan fingerprint density at radius 2 is 2.03 bits per heavy atom. The molecular weight excluding hydrogens is 413 g/mol. The van der Waals surface area contributed by atoms with Crippen molar-refractivity contribution in [2.24, 2.45) is 0 Å². The molecule has 1 atom stereocenters. The molecule has 7 nitrogen and oxygen atoms in total. The molecule has 1 fully saturated rings. The molecule has 0 bridgehead atoms. The van der Waals surface area contributed by atoms with E-state index >= 15 is 0 Å². The average molecular weight is 444 g/mol. The number of nitrogens with one attached hydrogen (secondary N) is 1. The molecule has 2 amide bonds. The number of nitrogens with zero attached hydrogens (tertiary/aromatic N) is 2. The van der Waals surface area contributed by atoms with E-state index in [1.54, 1.807) is 11.0 Å². The molecule has 0 radical (unpaired) electrons. The predicted molar refractivity (Wildman–Crippen MR) is 121 cm³/mol. The summed E-state index contributed by atoms with van der Waals surface area (Å²) < 4.78 is 24.4. The Bertz CT molecular complexity index is 945. The van der Waals surface area contributed by atoms with E-state index in [1.807, 2.05) is 37.2 Å². The largest absolute Gasteiger partial charge is 0.377 e. The lowest BCUT2D eigenvalue weighted by Gasteiger charge is -2.28. The van der Waals surface area contributed by atoms with Gasteiger partial charge in [0.25, 0.3) is 5.91 Å². The molecule has 8 heteroatoms. The van der Waals surface area contributed by atoms with Gasteiger partial charge in [0.05, 0.1) is 6.10 Å². The van der Waals surface area contributed by atoms with Gasteiger partial charge < -0.3 is 24.6 Å². The first-order chi connectivity index (χ1) is 15.4. The minimum absolute atomic E-state index is 0.0477. The first-order valence-electron chi connectivity index (χ1n) is 10.6. The van der Waals surface area contributed by atoms with Crippen molar-refractivity contribution >= 4 is 23.2 Å². The standard InChI is InChI=1S/C24H30FN3O4/c1-27(2)22-10-9-20(26-23(29)16-31-3)13-18(22)14-28(15-21-8-5-11-32-21)24(30)17-6-4-7-19(25)12-17/h4,6-7,9-10,12-13,21H,5,8,11,14-16H2,1-3H3,(H,26,29). The summed E-state index contributed by atoms with van der Waals surface area (Å²) in [6.45, 7) is 1.32. The summed E-state index contributed by atoms with van der Waals surface area (Å²) in [4.78, 5) is 28.9. The van der Waals surface area contributed by atoms with Crippen molar-refractivity contribution in [1.29, 1.82) is 0 Å². The molecule has 1 aliphatic rings. The molecule has 1 unspecified atom stereocenters. The number of methoxy groups -OCH3 is 1. The van der Waals surface area contributed by atoms with Crippen molar-refractivity contribution in [1.82, 2.24) is 4.90 Å². The number of anilines is 2. The smallest absolute Gasteiger partial charge is 0.254 e. The van der Waals surface area contributed by atoms with Crippen LogP contribution in [0.2, 0.25) is 0 Å². The quantitative estimate of drug-likeness (QED) is 0.644. The molecule has 0 saturated carbocycles. The highest BCUT2D eigenvalue weighted by atomic mass is 19.1. The van der Waals surface area contributed by atoms with Crippen LogP contribution in [0.25, 0.3) is 0 Å². The summed E-state index contributed by atoms with van der Waals surface area (Å²) in [6.07, 6.45) is 1.77. The maximum Gasteiger partial charge on any atom is 0.254 e. The summed E-state index contributed by atoms with van der Waals surface area (Å²) >= 11 is 0. The molecule has 1 N–H and O–H groups in total. The van der Waals surface area contributed by atoms with Crippen molar-refractivity contribution in [3.63, 3.8) is 0 Å². The highest BCUT2D eigenvalue weighted by molar-refractivity contribution is 5.94. The van der Waals surface area contributed by atoms with E-state index in [1.165, 1.54) is 25.3 Å². The van der Waals surface area contributed by atoms with Gasteiger partial charge in [-0.15, -0.1) is 0 Å². The summed E-state index contributed by atoms with van der Waals surface area (Å²) in [5.41, 5.74) is 2.67. The van der Waals surface area contributed by atoms with Gasteiger partial charge in [-0.3, -0.25) is 9.59 Å². The van der Waals surface area contributed by atoms with Crippen LogP contribution in [-0.2, 0) is 20.8 Å². The second-order valence-corrected chi connectivity index (χ2v) is 8.05. The lowest BCUT2D eigenvalue weighted by molar-refractivity contribution is -0.119. The number of carbonyl (C=O) groups is 2. The fourth-order valence-electron chi connectivity index (χ4n) is 3.82. The number of hydrogen-bond donors (Lipinski definition) is 1. The van der Waals surface area contributed by atoms with Crippen molar-refractivity contribution in [2.45, 2.75) is 25.5 Å². The predicted octanol–water partition coefficient (Wildman–Crippen LogP) is 3.30. The Balaban J connectivity index is 1.90. The van der Waals surface area contributed by atoms with Crippen molar-refractivity contribution in [3.8, 4) is 0 Å². The molecule has 1 heterocycles. The van der Waals surface area contributed by atoms with Crippen LogP contribution in [0, 0.1) is 5.82 Å². The average Bonchev–Trinajstić information content (AvgIpc) is 3.26. The lowest BCUT2D eigenvalue weighted by atomic mass is 10.1. The van der Waals surface area contributed by atoms with Gasteiger partial charge in [0.15, 0.2) is 0 Å². The van der Waals surface area contributed by atoms with Crippen LogP contribution in [0.1, 0.15) is 28.8 Å². The number of carbonyl (C=O) groups excluding carboxylic acids is 2. The lowest BCUT2D eigenvalue weighted by Crippen LogP contribution is -2.37. The normalized spacial score (nSPS) is 15.4. The molecule has 2 aromatic carbocycles. The van der Waals surface area contributed by atoms with Gasteiger partial charge in [0, 0.05) is 57.8 Å². The maximum absolute atomic E-state index is 13.8. The second-order valence-electron chi connectivity index (χ2n) is 8.05. The SMILES string of the molecule is COCC(=O)Nc1ccc(N(C)C)c(CN(CC2CCCO2)C(=O)c2cccc(F)c2)c1. The third-order valence-corrected chi connectivity index (χ3v) is 5.29. The molecule has 0 spiro atoms. The fraction of sp³-hybridized carbons (Fsp3) is 0.417. The van der Waals surface area contributed by atoms with E-state index in [2.05, 4.69) is 5.32 Å². The van der Waals surface area contributed by atoms with E-state index in [0.29, 0.717) is 24.4 Å². The summed E-state index contributed by atoms with van der Waals surface area (Å²) in [5.74, 6) is -0.980. The van der Waals surface area contributed by atoms with Gasteiger partial charge in [0.1, 0.15) is 12.4 Å². The molecule has 32 heavy (non-hydrogen) atoms. The van der Waals surface area contributed by atoms with Gasteiger partial charge in [0.2, 0.25) is 5.91 Å². The zero-order chi connectivity index (χ0) is 23.1. The van der Waals surface area contributed by atoms with E-state index < -0.39 is 5.82 Å². The minimum Gasteiger partial charge on any atom is -0.377 e. The van der Waals surface area contributed by atoms with Crippen LogP contribution in [0.4, 0.5) is 15.8 Å². The molecule has 2 aromatic rings. The molecule has 0 aliphatic carbocycles. The van der Waals surface area contributed by atoms with Gasteiger partial charge >= 0.3 is 0 Å². The number of benzene rings is 2. The van der Waals surface area contributed by atoms with Gasteiger partial charge in [-0.1, -0.05) is 6.07 Å². The van der Waals surface area contributed by atoms with Crippen molar-refractivity contribution < 1.29 is 23.5 Å². The Morgan fingerprint density at radius 1 is 1.22 bits per heavy atom. The second kappa shape index (κ2) is 11.1. The number of rotatable bonds is 9. The summed E-state index contributed by atoms with van der Waals surface area (Å²) in [7, 11) is 5.29. The molecule has 172 valence electrons. The highest BCUT2D eigenvalue weighted by Crippen LogP contribution is 2.26. The van der Waals surface area contributed by atoms with Crippen LogP contribution in [0.3, 0.4) is 0 Å². The number of halogens is 1. The zero-order valence-corrected chi connectivity index (χ0v) is 18.8. The van der Waals surface area contributed by atoms with E-state index in [-0.39, 0.29) is 31.1 Å². The molecule has 1 saturated heterocycles. The number of hydrogen-bond acceptors (Lipinski definition) is 5. The minimum atomic E-state index is -0.454. The first-order valence-corrected chi connectivity index (χ1v) is 10.6. The number of amides is 2. The Labute approximate surface area is 188 Å². The first kappa shape index (κ1) is 23.7. The number of ether oxygens (including phenoxy) is 2. The third kappa shape index (κ3) is 6.27. The Hall–Kier alpha value is -2.97. The van der Waals surface area contributed by atoms with Gasteiger partial charge in [-0.25, -0.2) is 4.39 Å². The molecular formula is C24H30FN3O4. The van der Waals surface area contributed by atoms with Gasteiger partial charge in [-0.2, -0.15) is 0 Å². The van der Waals surface area contributed by atoms with E-state index in [9.17, 15) is 14.0 Å². The van der Waals surface area contributed by atoms with Gasteiger partial charge in [-0.05, 0) is 54.8 Å². The molecule has 1 aliphatic heterocycles. The summed E-state index contributed by atoms with van der Waals surface area (Å²) in [6, 6.07) is 11.3. The topological polar surface area (TPSA) is 71.1 Å². The monoisotopic (exact) mass is 443 g/mol. The highest BCUT2D eigenvalue weighted by Gasteiger charge is 2.25. The zero-order valence-electron chi connectivity index (χ0n) is 18.8.